The molecule has 0 spiro atoms. The van der Waals surface area contributed by atoms with Gasteiger partial charge in [0.2, 0.25) is 0 Å². The van der Waals surface area contributed by atoms with Crippen LogP contribution in [0.25, 0.3) is 0 Å². The first-order valence-electron chi connectivity index (χ1n) is 4.95. The van der Waals surface area contributed by atoms with Gasteiger partial charge in [-0.3, -0.25) is 0 Å². The summed E-state index contributed by atoms with van der Waals surface area (Å²) in [5.74, 6) is 0.469. The van der Waals surface area contributed by atoms with Crippen molar-refractivity contribution in [2.75, 3.05) is 40.8 Å². The smallest absolute Gasteiger partial charge is 0.409 e. The minimum Gasteiger partial charge on any atom is -0.453 e. The second-order valence-electron chi connectivity index (χ2n) is 4.11. The highest BCUT2D eigenvalue weighted by Gasteiger charge is 2.14. The van der Waals surface area contributed by atoms with Gasteiger partial charge >= 0.3 is 6.09 Å². The molecule has 0 rings (SSSR count). The van der Waals surface area contributed by atoms with Crippen LogP contribution < -0.4 is 0 Å². The average Bonchev–Trinajstić information content (AvgIpc) is 2.10. The number of hydrogen-bond acceptors (Lipinski definition) is 3. The molecule has 0 aliphatic heterocycles. The molecular formula is C10H22N2O2. The van der Waals surface area contributed by atoms with Crippen LogP contribution in [0, 0.1) is 5.92 Å². The van der Waals surface area contributed by atoms with Gasteiger partial charge in [0.1, 0.15) is 0 Å². The molecule has 4 nitrogen and oxygen atoms in total. The van der Waals surface area contributed by atoms with Gasteiger partial charge in [0.05, 0.1) is 7.11 Å². The Balaban J connectivity index is 4.04. The van der Waals surface area contributed by atoms with Gasteiger partial charge in [0.15, 0.2) is 0 Å². The maximum absolute atomic E-state index is 11.3. The van der Waals surface area contributed by atoms with E-state index in [-0.39, 0.29) is 6.09 Å². The molecule has 0 saturated heterocycles. The zero-order chi connectivity index (χ0) is 11.1. The molecular weight excluding hydrogens is 180 g/mol. The van der Waals surface area contributed by atoms with Crippen molar-refractivity contribution in [2.24, 2.45) is 5.92 Å². The largest absolute Gasteiger partial charge is 0.453 e. The molecule has 0 unspecified atom stereocenters. The van der Waals surface area contributed by atoms with E-state index in [1.54, 1.807) is 4.90 Å². The summed E-state index contributed by atoms with van der Waals surface area (Å²) in [4.78, 5) is 15.1. The highest BCUT2D eigenvalue weighted by molar-refractivity contribution is 5.67. The van der Waals surface area contributed by atoms with Gasteiger partial charge in [-0.25, -0.2) is 4.79 Å². The number of carbonyl (C=O) groups excluding carboxylic acids is 1. The summed E-state index contributed by atoms with van der Waals surface area (Å²) >= 11 is 0. The second-order valence-corrected chi connectivity index (χ2v) is 4.11. The van der Waals surface area contributed by atoms with Crippen LogP contribution in [0.15, 0.2) is 0 Å². The van der Waals surface area contributed by atoms with Gasteiger partial charge < -0.3 is 14.5 Å². The van der Waals surface area contributed by atoms with E-state index in [0.717, 1.165) is 19.6 Å². The van der Waals surface area contributed by atoms with Crippen molar-refractivity contribution in [1.82, 2.24) is 9.80 Å². The minimum atomic E-state index is -0.236. The summed E-state index contributed by atoms with van der Waals surface area (Å²) < 4.78 is 4.71. The molecule has 0 aliphatic carbocycles. The molecule has 0 aromatic rings. The lowest BCUT2D eigenvalue weighted by Crippen LogP contribution is -2.38. The van der Waals surface area contributed by atoms with Crippen LogP contribution in [0.2, 0.25) is 0 Å². The maximum Gasteiger partial charge on any atom is 0.409 e. The Kier molecular flexibility index (Phi) is 6.28. The van der Waals surface area contributed by atoms with Crippen LogP contribution in [0.5, 0.6) is 0 Å². The molecule has 14 heavy (non-hydrogen) atoms. The lowest BCUT2D eigenvalue weighted by molar-refractivity contribution is 0.115. The van der Waals surface area contributed by atoms with Crippen molar-refractivity contribution in [2.45, 2.75) is 13.8 Å². The van der Waals surface area contributed by atoms with Crippen molar-refractivity contribution in [1.29, 1.82) is 0 Å². The van der Waals surface area contributed by atoms with E-state index in [0.29, 0.717) is 5.92 Å². The Bertz CT molecular complexity index is 170. The maximum atomic E-state index is 11.3. The summed E-state index contributed by atoms with van der Waals surface area (Å²) in [7, 11) is 5.40. The van der Waals surface area contributed by atoms with Crippen molar-refractivity contribution >= 4 is 6.09 Å². The summed E-state index contributed by atoms with van der Waals surface area (Å²) in [6, 6.07) is 0. The first-order chi connectivity index (χ1) is 6.47. The molecule has 4 heteroatoms. The molecule has 0 radical (unpaired) electrons. The lowest BCUT2D eigenvalue weighted by Gasteiger charge is -2.24. The average molecular weight is 202 g/mol. The normalized spacial score (nSPS) is 10.8. The molecule has 1 amide bonds. The molecule has 0 aromatic heterocycles. The number of amides is 1. The van der Waals surface area contributed by atoms with Crippen LogP contribution in [-0.2, 0) is 4.74 Å². The van der Waals surface area contributed by atoms with Gasteiger partial charge in [-0.1, -0.05) is 13.8 Å². The predicted octanol–water partition coefficient (Wildman–Crippen LogP) is 1.27. The molecule has 0 aromatic carbocycles. The van der Waals surface area contributed by atoms with Gasteiger partial charge in [0, 0.05) is 19.6 Å². The topological polar surface area (TPSA) is 32.8 Å². The Morgan fingerprint density at radius 1 is 1.29 bits per heavy atom. The summed E-state index contributed by atoms with van der Waals surface area (Å²) in [6.45, 7) is 6.51. The third-order valence-corrected chi connectivity index (χ3v) is 1.84. The van der Waals surface area contributed by atoms with E-state index in [4.69, 9.17) is 4.74 Å². The highest BCUT2D eigenvalue weighted by atomic mass is 16.5. The van der Waals surface area contributed by atoms with Crippen LogP contribution in [0.1, 0.15) is 13.8 Å². The number of ether oxygens (including phenoxy) is 1. The van der Waals surface area contributed by atoms with Gasteiger partial charge in [-0.15, -0.1) is 0 Å². The molecule has 0 bridgehead atoms. The van der Waals surface area contributed by atoms with Gasteiger partial charge in [-0.05, 0) is 20.0 Å². The van der Waals surface area contributed by atoms with Crippen LogP contribution in [-0.4, -0.2) is 56.7 Å². The first-order valence-corrected chi connectivity index (χ1v) is 4.95. The van der Waals surface area contributed by atoms with Crippen molar-refractivity contribution < 1.29 is 9.53 Å². The number of nitrogens with zero attached hydrogens (tertiary/aromatic N) is 2. The third-order valence-electron chi connectivity index (χ3n) is 1.84. The van der Waals surface area contributed by atoms with E-state index in [1.165, 1.54) is 7.11 Å². The van der Waals surface area contributed by atoms with Gasteiger partial charge in [0.25, 0.3) is 0 Å². The van der Waals surface area contributed by atoms with E-state index < -0.39 is 0 Å². The van der Waals surface area contributed by atoms with E-state index in [9.17, 15) is 4.79 Å². The van der Waals surface area contributed by atoms with Crippen LogP contribution >= 0.6 is 0 Å². The highest BCUT2D eigenvalue weighted by Crippen LogP contribution is 2.00. The number of likely N-dealkylation sites (N-methyl/N-ethyl adjacent to an activating group) is 1. The minimum absolute atomic E-state index is 0.236. The number of hydrogen-bond donors (Lipinski definition) is 0. The quantitative estimate of drug-likeness (QED) is 0.673. The van der Waals surface area contributed by atoms with E-state index in [2.05, 4.69) is 18.7 Å². The number of methoxy groups -OCH3 is 1. The first kappa shape index (κ1) is 13.2. The zero-order valence-electron chi connectivity index (χ0n) is 9.91. The third kappa shape index (κ3) is 5.80. The molecule has 0 fully saturated rings. The summed E-state index contributed by atoms with van der Waals surface area (Å²) in [6.07, 6.45) is -0.236. The van der Waals surface area contributed by atoms with Gasteiger partial charge in [-0.2, -0.15) is 0 Å². The van der Waals surface area contributed by atoms with Crippen LogP contribution in [0.3, 0.4) is 0 Å². The predicted molar refractivity (Wildman–Crippen MR) is 57.4 cm³/mol. The Morgan fingerprint density at radius 3 is 2.21 bits per heavy atom. The van der Waals surface area contributed by atoms with E-state index in [1.807, 2.05) is 14.1 Å². The fraction of sp³-hybridized carbons (Fsp3) is 0.900. The van der Waals surface area contributed by atoms with Crippen molar-refractivity contribution in [3.63, 3.8) is 0 Å². The fourth-order valence-corrected chi connectivity index (χ4v) is 1.15. The number of carbonyl (C=O) groups is 1. The second kappa shape index (κ2) is 6.65. The van der Waals surface area contributed by atoms with Crippen molar-refractivity contribution in [3.05, 3.63) is 0 Å². The summed E-state index contributed by atoms with van der Waals surface area (Å²) in [5.41, 5.74) is 0. The Hall–Kier alpha value is -0.770. The molecule has 0 N–H and O–H groups in total. The number of rotatable bonds is 5. The fourth-order valence-electron chi connectivity index (χ4n) is 1.15. The Morgan fingerprint density at radius 2 is 1.86 bits per heavy atom. The summed E-state index contributed by atoms with van der Waals surface area (Å²) in [5, 5.41) is 0. The SMILES string of the molecule is COC(=O)N(CCN(C)C)CC(C)C. The molecule has 0 aliphatic rings. The monoisotopic (exact) mass is 202 g/mol. The molecule has 84 valence electrons. The van der Waals surface area contributed by atoms with Crippen molar-refractivity contribution in [3.8, 4) is 0 Å². The Labute approximate surface area is 86.8 Å². The lowest BCUT2D eigenvalue weighted by atomic mass is 10.2. The standard InChI is InChI=1S/C10H22N2O2/c1-9(2)8-12(10(13)14-5)7-6-11(3)4/h9H,6-8H2,1-5H3. The molecule has 0 heterocycles. The van der Waals surface area contributed by atoms with Crippen LogP contribution in [0.4, 0.5) is 4.79 Å². The van der Waals surface area contributed by atoms with E-state index >= 15 is 0 Å². The zero-order valence-corrected chi connectivity index (χ0v) is 9.91. The molecule has 0 atom stereocenters. The molecule has 0 saturated carbocycles.